The zero-order chi connectivity index (χ0) is 11.4. The van der Waals surface area contributed by atoms with Crippen molar-refractivity contribution in [2.24, 2.45) is 0 Å². The normalized spacial score (nSPS) is 8.94. The minimum Gasteiger partial charge on any atom is -0.396 e. The lowest BCUT2D eigenvalue weighted by Crippen LogP contribution is -2.03. The highest BCUT2D eigenvalue weighted by Crippen LogP contribution is 2.19. The Hall–Kier alpha value is -1.16. The maximum atomic E-state index is 6.05. The van der Waals surface area contributed by atoms with E-state index in [1.807, 2.05) is 30.3 Å². The van der Waals surface area contributed by atoms with Crippen LogP contribution in [0.5, 0.6) is 0 Å². The van der Waals surface area contributed by atoms with E-state index in [9.17, 15) is 0 Å². The lowest BCUT2D eigenvalue weighted by Gasteiger charge is -2.09. The Morgan fingerprint density at radius 2 is 1.89 bits per heavy atom. The zero-order valence-corrected chi connectivity index (χ0v) is 11.9. The number of nitrogen functional groups attached to an aromatic ring is 1. The fourth-order valence-electron chi connectivity index (χ4n) is 1.40. The molecule has 0 amide bonds. The van der Waals surface area contributed by atoms with Gasteiger partial charge in [-0.15, -0.1) is 24.8 Å². The molecule has 0 atom stereocenters. The first kappa shape index (κ1) is 16.8. The molecule has 0 saturated heterocycles. The molecule has 0 unspecified atom stereocenters. The van der Waals surface area contributed by atoms with Gasteiger partial charge in [0.2, 0.25) is 0 Å². The Labute approximate surface area is 124 Å². The summed E-state index contributed by atoms with van der Waals surface area (Å²) < 4.78 is 0. The van der Waals surface area contributed by atoms with Gasteiger partial charge in [0.15, 0.2) is 0 Å². The first-order chi connectivity index (χ1) is 7.77. The summed E-state index contributed by atoms with van der Waals surface area (Å²) in [6.45, 7) is 0.647. The van der Waals surface area contributed by atoms with Gasteiger partial charge in [-0.05, 0) is 17.7 Å². The molecule has 0 spiro atoms. The molecule has 98 valence electrons. The van der Waals surface area contributed by atoms with Gasteiger partial charge in [0, 0.05) is 17.8 Å². The predicted octanol–water partition coefficient (Wildman–Crippen LogP) is 3.77. The molecule has 1 aromatic carbocycles. The summed E-state index contributed by atoms with van der Waals surface area (Å²) in [5.74, 6) is 0. The molecule has 2 aromatic rings. The molecule has 0 radical (unpaired) electrons. The number of hydrogen-bond acceptors (Lipinski definition) is 3. The molecule has 18 heavy (non-hydrogen) atoms. The molecule has 0 aliphatic carbocycles. The fourth-order valence-corrected chi connectivity index (χ4v) is 1.60. The van der Waals surface area contributed by atoms with Crippen LogP contribution in [0.15, 0.2) is 42.7 Å². The number of anilines is 2. The van der Waals surface area contributed by atoms with Gasteiger partial charge in [-0.2, -0.15) is 0 Å². The molecular weight excluding hydrogens is 293 g/mol. The van der Waals surface area contributed by atoms with E-state index in [2.05, 4.69) is 10.3 Å². The number of nitrogens with zero attached hydrogens (tertiary/aromatic N) is 1. The molecular formula is C12H14Cl3N3. The number of pyridine rings is 1. The quantitative estimate of drug-likeness (QED) is 0.907. The van der Waals surface area contributed by atoms with E-state index in [1.54, 1.807) is 12.4 Å². The van der Waals surface area contributed by atoms with Crippen LogP contribution in [-0.4, -0.2) is 4.98 Å². The fraction of sp³-hybridized carbons (Fsp3) is 0.0833. The van der Waals surface area contributed by atoms with Crippen LogP contribution in [0.1, 0.15) is 5.56 Å². The molecule has 2 rings (SSSR count). The van der Waals surface area contributed by atoms with Crippen LogP contribution >= 0.6 is 36.4 Å². The van der Waals surface area contributed by atoms with E-state index >= 15 is 0 Å². The number of benzene rings is 1. The average Bonchev–Trinajstić information content (AvgIpc) is 2.30. The van der Waals surface area contributed by atoms with E-state index in [0.717, 1.165) is 16.3 Å². The molecule has 0 bridgehead atoms. The van der Waals surface area contributed by atoms with Crippen molar-refractivity contribution in [1.29, 1.82) is 0 Å². The van der Waals surface area contributed by atoms with Crippen LogP contribution in [0.4, 0.5) is 11.4 Å². The topological polar surface area (TPSA) is 50.9 Å². The van der Waals surface area contributed by atoms with E-state index < -0.39 is 0 Å². The third-order valence-electron chi connectivity index (χ3n) is 2.28. The van der Waals surface area contributed by atoms with Crippen LogP contribution < -0.4 is 11.1 Å². The average molecular weight is 307 g/mol. The van der Waals surface area contributed by atoms with Crippen LogP contribution in [0, 0.1) is 0 Å². The monoisotopic (exact) mass is 305 g/mol. The third kappa shape index (κ3) is 4.26. The molecule has 0 fully saturated rings. The van der Waals surface area contributed by atoms with Crippen molar-refractivity contribution in [2.45, 2.75) is 6.54 Å². The number of rotatable bonds is 3. The van der Waals surface area contributed by atoms with Crippen molar-refractivity contribution in [1.82, 2.24) is 4.98 Å². The minimum atomic E-state index is 0. The van der Waals surface area contributed by atoms with Crippen molar-refractivity contribution < 1.29 is 0 Å². The Bertz CT molecular complexity index is 446. The van der Waals surface area contributed by atoms with Gasteiger partial charge >= 0.3 is 0 Å². The van der Waals surface area contributed by atoms with Crippen LogP contribution in [0.2, 0.25) is 5.02 Å². The van der Waals surface area contributed by atoms with E-state index in [-0.39, 0.29) is 24.8 Å². The van der Waals surface area contributed by atoms with E-state index in [1.165, 1.54) is 0 Å². The summed E-state index contributed by atoms with van der Waals surface area (Å²) >= 11 is 6.05. The second-order valence-corrected chi connectivity index (χ2v) is 3.82. The lowest BCUT2D eigenvalue weighted by molar-refractivity contribution is 1.14. The van der Waals surface area contributed by atoms with Gasteiger partial charge in [-0.25, -0.2) is 0 Å². The molecule has 1 aromatic heterocycles. The van der Waals surface area contributed by atoms with Gasteiger partial charge in [0.1, 0.15) is 0 Å². The number of hydrogen-bond donors (Lipinski definition) is 2. The first-order valence-electron chi connectivity index (χ1n) is 4.94. The summed E-state index contributed by atoms with van der Waals surface area (Å²) in [6.07, 6.45) is 3.32. The van der Waals surface area contributed by atoms with E-state index in [0.29, 0.717) is 12.2 Å². The molecule has 0 aliphatic heterocycles. The second-order valence-electron chi connectivity index (χ2n) is 3.41. The van der Waals surface area contributed by atoms with Crippen molar-refractivity contribution in [2.75, 3.05) is 11.1 Å². The van der Waals surface area contributed by atoms with Crippen LogP contribution in [0.3, 0.4) is 0 Å². The molecule has 1 heterocycles. The minimum absolute atomic E-state index is 0. The molecule has 3 N–H and O–H groups in total. The summed E-state index contributed by atoms with van der Waals surface area (Å²) in [5.41, 5.74) is 8.31. The van der Waals surface area contributed by atoms with Gasteiger partial charge < -0.3 is 11.1 Å². The molecule has 3 nitrogen and oxygen atoms in total. The molecule has 0 aliphatic rings. The number of nitrogens with one attached hydrogen (secondary N) is 1. The smallest absolute Gasteiger partial charge is 0.0736 e. The van der Waals surface area contributed by atoms with Gasteiger partial charge in [-0.1, -0.05) is 29.8 Å². The maximum absolute atomic E-state index is 6.05. The lowest BCUT2D eigenvalue weighted by atomic mass is 10.2. The van der Waals surface area contributed by atoms with Crippen molar-refractivity contribution in [3.05, 3.63) is 53.3 Å². The Morgan fingerprint density at radius 1 is 1.17 bits per heavy atom. The number of halogens is 3. The Morgan fingerprint density at radius 3 is 2.56 bits per heavy atom. The summed E-state index contributed by atoms with van der Waals surface area (Å²) in [4.78, 5) is 3.93. The Balaban J connectivity index is 0.00000144. The highest BCUT2D eigenvalue weighted by Gasteiger charge is 2.00. The van der Waals surface area contributed by atoms with Gasteiger partial charge in [0.05, 0.1) is 17.6 Å². The van der Waals surface area contributed by atoms with Crippen molar-refractivity contribution in [3.63, 3.8) is 0 Å². The highest BCUT2D eigenvalue weighted by atomic mass is 35.5. The molecule has 0 saturated carbocycles. The van der Waals surface area contributed by atoms with E-state index in [4.69, 9.17) is 17.3 Å². The van der Waals surface area contributed by atoms with Crippen LogP contribution in [-0.2, 0) is 6.54 Å². The third-order valence-corrected chi connectivity index (χ3v) is 2.65. The highest BCUT2D eigenvalue weighted by molar-refractivity contribution is 6.31. The van der Waals surface area contributed by atoms with Gasteiger partial charge in [-0.3, -0.25) is 4.98 Å². The second kappa shape index (κ2) is 8.03. The number of aromatic nitrogens is 1. The predicted molar refractivity (Wildman–Crippen MR) is 81.9 cm³/mol. The van der Waals surface area contributed by atoms with Crippen LogP contribution in [0.25, 0.3) is 0 Å². The van der Waals surface area contributed by atoms with Crippen molar-refractivity contribution in [3.8, 4) is 0 Å². The number of nitrogens with two attached hydrogens (primary N) is 1. The van der Waals surface area contributed by atoms with Gasteiger partial charge in [0.25, 0.3) is 0 Å². The molecule has 6 heteroatoms. The summed E-state index contributed by atoms with van der Waals surface area (Å²) in [7, 11) is 0. The largest absolute Gasteiger partial charge is 0.396 e. The van der Waals surface area contributed by atoms with Crippen molar-refractivity contribution >= 4 is 47.8 Å². The standard InChI is InChI=1S/C12H12ClN3.2ClH/c13-10-4-2-1-3-9(10)7-16-12-5-6-15-8-11(12)14;;/h1-6,8H,7,14H2,(H,15,16);2*1H. The summed E-state index contributed by atoms with van der Waals surface area (Å²) in [5, 5.41) is 3.97. The first-order valence-corrected chi connectivity index (χ1v) is 5.32. The maximum Gasteiger partial charge on any atom is 0.0736 e. The SMILES string of the molecule is Cl.Cl.Nc1cnccc1NCc1ccccc1Cl. The summed E-state index contributed by atoms with van der Waals surface area (Å²) in [6, 6.07) is 9.55. The zero-order valence-electron chi connectivity index (χ0n) is 9.47. The Kier molecular flexibility index (Phi) is 7.51.